The van der Waals surface area contributed by atoms with Crippen LogP contribution in [0.5, 0.6) is 5.75 Å². The van der Waals surface area contributed by atoms with E-state index in [2.05, 4.69) is 42.5 Å². The zero-order chi connectivity index (χ0) is 17.1. The molecule has 0 aromatic heterocycles. The second kappa shape index (κ2) is 6.66. The Kier molecular flexibility index (Phi) is 4.05. The minimum Gasteiger partial charge on any atom is -0.507 e. The molecule has 0 saturated heterocycles. The molecule has 120 valence electrons. The molecule has 1 N–H and O–H groups in total. The molecule has 0 aliphatic heterocycles. The Morgan fingerprint density at radius 1 is 0.400 bits per heavy atom. The second-order valence-electron chi connectivity index (χ2n) is 5.98. The van der Waals surface area contributed by atoms with Crippen molar-refractivity contribution in [3.05, 3.63) is 103 Å². The summed E-state index contributed by atoms with van der Waals surface area (Å²) in [7, 11) is 0. The minimum atomic E-state index is 0.295. The van der Waals surface area contributed by atoms with E-state index in [0.717, 1.165) is 33.4 Å². The Hall–Kier alpha value is -3.32. The van der Waals surface area contributed by atoms with Gasteiger partial charge in [-0.15, -0.1) is 0 Å². The third-order valence-electron chi connectivity index (χ3n) is 4.41. The van der Waals surface area contributed by atoms with Gasteiger partial charge in [0.1, 0.15) is 5.75 Å². The van der Waals surface area contributed by atoms with Crippen molar-refractivity contribution >= 4 is 0 Å². The minimum absolute atomic E-state index is 0.295. The van der Waals surface area contributed by atoms with Crippen molar-refractivity contribution in [2.45, 2.75) is 0 Å². The van der Waals surface area contributed by atoms with Gasteiger partial charge in [0, 0.05) is 11.1 Å². The van der Waals surface area contributed by atoms with E-state index in [1.54, 1.807) is 6.07 Å². The summed E-state index contributed by atoms with van der Waals surface area (Å²) in [5, 5.41) is 10.5. The van der Waals surface area contributed by atoms with Crippen LogP contribution < -0.4 is 0 Å². The standard InChI is InChI=1S/C24H18O/c25-23-17-8-7-14-22(23)24-20(18-10-3-1-4-11-18)15-9-16-21(24)19-12-5-2-6-13-19/h1-17,25H. The van der Waals surface area contributed by atoms with E-state index < -0.39 is 0 Å². The van der Waals surface area contributed by atoms with E-state index in [0.29, 0.717) is 5.75 Å². The van der Waals surface area contributed by atoms with Crippen LogP contribution in [0.2, 0.25) is 0 Å². The van der Waals surface area contributed by atoms with Gasteiger partial charge >= 0.3 is 0 Å². The molecule has 0 aliphatic carbocycles. The molecule has 4 aromatic carbocycles. The summed E-state index contributed by atoms with van der Waals surface area (Å²) < 4.78 is 0. The Bertz CT molecular complexity index is 931. The molecule has 25 heavy (non-hydrogen) atoms. The van der Waals surface area contributed by atoms with E-state index in [9.17, 15) is 5.11 Å². The monoisotopic (exact) mass is 322 g/mol. The van der Waals surface area contributed by atoms with Crippen molar-refractivity contribution in [1.82, 2.24) is 0 Å². The Labute approximate surface area is 147 Å². The fraction of sp³-hybridized carbons (Fsp3) is 0. The quantitative estimate of drug-likeness (QED) is 0.463. The molecular weight excluding hydrogens is 304 g/mol. The van der Waals surface area contributed by atoms with E-state index in [1.165, 1.54) is 0 Å². The molecule has 0 bridgehead atoms. The lowest BCUT2D eigenvalue weighted by molar-refractivity contribution is 0.477. The van der Waals surface area contributed by atoms with Gasteiger partial charge in [0.05, 0.1) is 0 Å². The molecule has 4 aromatic rings. The van der Waals surface area contributed by atoms with Gasteiger partial charge < -0.3 is 5.11 Å². The maximum atomic E-state index is 10.5. The third kappa shape index (κ3) is 2.92. The highest BCUT2D eigenvalue weighted by Gasteiger charge is 2.16. The number of rotatable bonds is 3. The van der Waals surface area contributed by atoms with Crippen molar-refractivity contribution in [2.24, 2.45) is 0 Å². The maximum absolute atomic E-state index is 10.5. The number of phenolic OH excluding ortho intramolecular Hbond substituents is 1. The van der Waals surface area contributed by atoms with Gasteiger partial charge in [-0.25, -0.2) is 0 Å². The van der Waals surface area contributed by atoms with Crippen molar-refractivity contribution in [3.63, 3.8) is 0 Å². The molecule has 0 atom stereocenters. The van der Waals surface area contributed by atoms with Gasteiger partial charge in [0.15, 0.2) is 0 Å². The summed E-state index contributed by atoms with van der Waals surface area (Å²) in [6, 6.07) is 34.5. The van der Waals surface area contributed by atoms with Gasteiger partial charge in [-0.2, -0.15) is 0 Å². The van der Waals surface area contributed by atoms with Crippen molar-refractivity contribution in [1.29, 1.82) is 0 Å². The van der Waals surface area contributed by atoms with Crippen LogP contribution in [0, 0.1) is 0 Å². The number of hydrogen-bond acceptors (Lipinski definition) is 1. The molecule has 0 saturated carbocycles. The van der Waals surface area contributed by atoms with Crippen LogP contribution >= 0.6 is 0 Å². The first kappa shape index (κ1) is 15.2. The fourth-order valence-electron chi connectivity index (χ4n) is 3.24. The number of benzene rings is 4. The highest BCUT2D eigenvalue weighted by molar-refractivity contribution is 5.96. The zero-order valence-electron chi connectivity index (χ0n) is 13.8. The Balaban J connectivity index is 2.06. The number of hydrogen-bond donors (Lipinski definition) is 1. The predicted molar refractivity (Wildman–Crippen MR) is 104 cm³/mol. The van der Waals surface area contributed by atoms with E-state index in [4.69, 9.17) is 0 Å². The molecule has 0 unspecified atom stereocenters. The summed E-state index contributed by atoms with van der Waals surface area (Å²) >= 11 is 0. The normalized spacial score (nSPS) is 10.6. The van der Waals surface area contributed by atoms with Crippen LogP contribution in [0.3, 0.4) is 0 Å². The largest absolute Gasteiger partial charge is 0.507 e. The molecule has 4 rings (SSSR count). The maximum Gasteiger partial charge on any atom is 0.123 e. The Morgan fingerprint density at radius 2 is 0.840 bits per heavy atom. The highest BCUT2D eigenvalue weighted by atomic mass is 16.3. The van der Waals surface area contributed by atoms with Crippen molar-refractivity contribution < 1.29 is 5.11 Å². The molecular formula is C24H18O. The SMILES string of the molecule is Oc1ccccc1-c1c(-c2ccccc2)cccc1-c1ccccc1. The van der Waals surface area contributed by atoms with Crippen LogP contribution in [0.4, 0.5) is 0 Å². The van der Waals surface area contributed by atoms with Gasteiger partial charge in [-0.3, -0.25) is 0 Å². The van der Waals surface area contributed by atoms with Crippen molar-refractivity contribution in [3.8, 4) is 39.1 Å². The smallest absolute Gasteiger partial charge is 0.123 e. The summed E-state index contributed by atoms with van der Waals surface area (Å²) in [4.78, 5) is 0. The van der Waals surface area contributed by atoms with Gasteiger partial charge in [-0.05, 0) is 28.3 Å². The lowest BCUT2D eigenvalue weighted by atomic mass is 9.87. The van der Waals surface area contributed by atoms with Gasteiger partial charge in [0.25, 0.3) is 0 Å². The first-order valence-corrected chi connectivity index (χ1v) is 8.37. The number of para-hydroxylation sites is 1. The first-order chi connectivity index (χ1) is 12.3. The predicted octanol–water partition coefficient (Wildman–Crippen LogP) is 6.39. The summed E-state index contributed by atoms with van der Waals surface area (Å²) in [5.41, 5.74) is 6.41. The summed E-state index contributed by atoms with van der Waals surface area (Å²) in [6.45, 7) is 0. The zero-order valence-corrected chi connectivity index (χ0v) is 13.8. The van der Waals surface area contributed by atoms with E-state index >= 15 is 0 Å². The second-order valence-corrected chi connectivity index (χ2v) is 5.98. The third-order valence-corrected chi connectivity index (χ3v) is 4.41. The van der Waals surface area contributed by atoms with E-state index in [1.807, 2.05) is 54.6 Å². The summed E-state index contributed by atoms with van der Waals surface area (Å²) in [5.74, 6) is 0.295. The fourth-order valence-corrected chi connectivity index (χ4v) is 3.24. The molecule has 0 radical (unpaired) electrons. The lowest BCUT2D eigenvalue weighted by Gasteiger charge is -2.17. The Morgan fingerprint density at radius 3 is 1.36 bits per heavy atom. The van der Waals surface area contributed by atoms with Gasteiger partial charge in [0.2, 0.25) is 0 Å². The summed E-state index contributed by atoms with van der Waals surface area (Å²) in [6.07, 6.45) is 0. The number of phenols is 1. The molecule has 1 heteroatoms. The average molecular weight is 322 g/mol. The van der Waals surface area contributed by atoms with Crippen LogP contribution in [0.15, 0.2) is 103 Å². The highest BCUT2D eigenvalue weighted by Crippen LogP contribution is 2.42. The molecule has 0 aliphatic rings. The van der Waals surface area contributed by atoms with Crippen LogP contribution in [0.25, 0.3) is 33.4 Å². The molecule has 0 fully saturated rings. The average Bonchev–Trinajstić information content (AvgIpc) is 2.69. The van der Waals surface area contributed by atoms with Crippen LogP contribution in [-0.4, -0.2) is 5.11 Å². The molecule has 0 heterocycles. The van der Waals surface area contributed by atoms with Gasteiger partial charge in [-0.1, -0.05) is 97.1 Å². The molecule has 0 amide bonds. The topological polar surface area (TPSA) is 20.2 Å². The first-order valence-electron chi connectivity index (χ1n) is 8.37. The van der Waals surface area contributed by atoms with Crippen LogP contribution in [0.1, 0.15) is 0 Å². The lowest BCUT2D eigenvalue weighted by Crippen LogP contribution is -1.90. The molecule has 1 nitrogen and oxygen atoms in total. The van der Waals surface area contributed by atoms with Crippen LogP contribution in [-0.2, 0) is 0 Å². The number of aromatic hydroxyl groups is 1. The van der Waals surface area contributed by atoms with E-state index in [-0.39, 0.29) is 0 Å². The molecule has 0 spiro atoms. The van der Waals surface area contributed by atoms with Crippen molar-refractivity contribution in [2.75, 3.05) is 0 Å².